The van der Waals surface area contributed by atoms with Gasteiger partial charge in [-0.25, -0.2) is 0 Å². The number of ether oxygens (including phenoxy) is 1. The number of methoxy groups -OCH3 is 1. The monoisotopic (exact) mass is 283 g/mol. The fourth-order valence-electron chi connectivity index (χ4n) is 2.60. The van der Waals surface area contributed by atoms with Gasteiger partial charge in [-0.1, -0.05) is 50.8 Å². The van der Waals surface area contributed by atoms with E-state index in [1.807, 2.05) is 19.2 Å². The summed E-state index contributed by atoms with van der Waals surface area (Å²) in [5.74, 6) is 1.43. The average Bonchev–Trinajstić information content (AvgIpc) is 2.44. The Morgan fingerprint density at radius 3 is 2.53 bits per heavy atom. The molecule has 3 heteroatoms. The van der Waals surface area contributed by atoms with E-state index in [-0.39, 0.29) is 0 Å². The van der Waals surface area contributed by atoms with Gasteiger partial charge in [0.1, 0.15) is 5.75 Å². The zero-order chi connectivity index (χ0) is 14.3. The maximum atomic E-state index is 6.40. The Kier molecular flexibility index (Phi) is 7.25. The summed E-state index contributed by atoms with van der Waals surface area (Å²) in [6, 6.07) is 6.28. The van der Waals surface area contributed by atoms with Crippen molar-refractivity contribution in [2.45, 2.75) is 45.6 Å². The van der Waals surface area contributed by atoms with Gasteiger partial charge >= 0.3 is 0 Å². The highest BCUT2D eigenvalue weighted by Gasteiger charge is 2.22. The second kappa shape index (κ2) is 8.44. The van der Waals surface area contributed by atoms with Crippen LogP contribution >= 0.6 is 11.6 Å². The van der Waals surface area contributed by atoms with Gasteiger partial charge in [0.15, 0.2) is 0 Å². The van der Waals surface area contributed by atoms with Crippen LogP contribution in [0.5, 0.6) is 5.75 Å². The number of rotatable bonds is 8. The number of halogens is 1. The summed E-state index contributed by atoms with van der Waals surface area (Å²) >= 11 is 6.40. The van der Waals surface area contributed by atoms with Gasteiger partial charge in [0, 0.05) is 11.1 Å². The highest BCUT2D eigenvalue weighted by atomic mass is 35.5. The first-order valence-electron chi connectivity index (χ1n) is 7.18. The zero-order valence-electron chi connectivity index (χ0n) is 12.5. The second-order valence-corrected chi connectivity index (χ2v) is 5.37. The van der Waals surface area contributed by atoms with Crippen LogP contribution in [-0.2, 0) is 0 Å². The topological polar surface area (TPSA) is 21.3 Å². The van der Waals surface area contributed by atoms with Crippen LogP contribution in [0, 0.1) is 5.92 Å². The molecule has 0 bridgehead atoms. The molecule has 2 nitrogen and oxygen atoms in total. The van der Waals surface area contributed by atoms with Crippen molar-refractivity contribution in [2.75, 3.05) is 14.2 Å². The highest BCUT2D eigenvalue weighted by molar-refractivity contribution is 6.31. The molecule has 0 radical (unpaired) electrons. The predicted molar refractivity (Wildman–Crippen MR) is 83.1 cm³/mol. The molecule has 0 saturated heterocycles. The van der Waals surface area contributed by atoms with Gasteiger partial charge in [-0.2, -0.15) is 0 Å². The Hall–Kier alpha value is -0.730. The van der Waals surface area contributed by atoms with Crippen LogP contribution in [0.2, 0.25) is 5.02 Å². The van der Waals surface area contributed by atoms with E-state index in [0.29, 0.717) is 12.0 Å². The molecule has 0 aliphatic rings. The Morgan fingerprint density at radius 2 is 2.05 bits per heavy atom. The van der Waals surface area contributed by atoms with Crippen molar-refractivity contribution in [3.05, 3.63) is 28.8 Å². The fraction of sp³-hybridized carbons (Fsp3) is 0.625. The number of hydrogen-bond acceptors (Lipinski definition) is 2. The van der Waals surface area contributed by atoms with E-state index in [1.165, 1.54) is 24.8 Å². The summed E-state index contributed by atoms with van der Waals surface area (Å²) in [6.07, 6.45) is 4.91. The maximum Gasteiger partial charge on any atom is 0.120 e. The molecule has 108 valence electrons. The minimum absolute atomic E-state index is 0.315. The summed E-state index contributed by atoms with van der Waals surface area (Å²) in [5, 5.41) is 4.22. The van der Waals surface area contributed by atoms with E-state index >= 15 is 0 Å². The standard InChI is InChI=1S/C16H26ClNO/c1-5-7-8-12(6-2)16(18-3)14-10-9-13(19-4)11-15(14)17/h9-12,16,18H,5-8H2,1-4H3. The molecule has 1 N–H and O–H groups in total. The molecule has 2 unspecified atom stereocenters. The van der Waals surface area contributed by atoms with Crippen LogP contribution in [0.25, 0.3) is 0 Å². The molecule has 0 saturated carbocycles. The predicted octanol–water partition coefficient (Wildman–Crippen LogP) is 4.83. The first kappa shape index (κ1) is 16.3. The van der Waals surface area contributed by atoms with Gasteiger partial charge < -0.3 is 10.1 Å². The Balaban J connectivity index is 2.94. The quantitative estimate of drug-likeness (QED) is 0.738. The molecule has 0 fully saturated rings. The lowest BCUT2D eigenvalue weighted by Crippen LogP contribution is -2.25. The van der Waals surface area contributed by atoms with Gasteiger partial charge in [-0.15, -0.1) is 0 Å². The van der Waals surface area contributed by atoms with Crippen molar-refractivity contribution in [2.24, 2.45) is 5.92 Å². The molecular weight excluding hydrogens is 258 g/mol. The van der Waals surface area contributed by atoms with Gasteiger partial charge in [0.25, 0.3) is 0 Å². The van der Waals surface area contributed by atoms with E-state index in [1.54, 1.807) is 7.11 Å². The van der Waals surface area contributed by atoms with Crippen LogP contribution in [0.3, 0.4) is 0 Å². The van der Waals surface area contributed by atoms with Gasteiger partial charge in [-0.05, 0) is 37.1 Å². The molecule has 19 heavy (non-hydrogen) atoms. The molecule has 0 amide bonds. The van der Waals surface area contributed by atoms with Crippen LogP contribution in [0.4, 0.5) is 0 Å². The molecule has 1 aromatic rings. The first-order chi connectivity index (χ1) is 9.17. The summed E-state index contributed by atoms with van der Waals surface area (Å²) in [4.78, 5) is 0. The van der Waals surface area contributed by atoms with Crippen LogP contribution in [0.15, 0.2) is 18.2 Å². The first-order valence-corrected chi connectivity index (χ1v) is 7.56. The minimum Gasteiger partial charge on any atom is -0.497 e. The summed E-state index contributed by atoms with van der Waals surface area (Å²) in [6.45, 7) is 4.49. The third-order valence-electron chi connectivity index (χ3n) is 3.78. The third kappa shape index (κ3) is 4.39. The largest absolute Gasteiger partial charge is 0.497 e. The fourth-order valence-corrected chi connectivity index (χ4v) is 2.89. The number of hydrogen-bond donors (Lipinski definition) is 1. The molecule has 2 atom stereocenters. The molecule has 0 heterocycles. The highest BCUT2D eigenvalue weighted by Crippen LogP contribution is 2.34. The molecular formula is C16H26ClNO. The zero-order valence-corrected chi connectivity index (χ0v) is 13.3. The van der Waals surface area contributed by atoms with Crippen molar-refractivity contribution in [3.8, 4) is 5.75 Å². The molecule has 0 aliphatic carbocycles. The lowest BCUT2D eigenvalue weighted by Gasteiger charge is -2.27. The normalized spacial score (nSPS) is 14.2. The molecule has 0 aromatic heterocycles. The summed E-state index contributed by atoms with van der Waals surface area (Å²) < 4.78 is 5.21. The Bertz CT molecular complexity index is 381. The average molecular weight is 284 g/mol. The summed E-state index contributed by atoms with van der Waals surface area (Å²) in [5.41, 5.74) is 1.17. The molecule has 0 aliphatic heterocycles. The van der Waals surface area contributed by atoms with E-state index in [2.05, 4.69) is 25.2 Å². The Morgan fingerprint density at radius 1 is 1.32 bits per heavy atom. The van der Waals surface area contributed by atoms with E-state index in [9.17, 15) is 0 Å². The smallest absolute Gasteiger partial charge is 0.120 e. The van der Waals surface area contributed by atoms with Gasteiger partial charge in [0.2, 0.25) is 0 Å². The van der Waals surface area contributed by atoms with Crippen LogP contribution in [0.1, 0.15) is 51.1 Å². The summed E-state index contributed by atoms with van der Waals surface area (Å²) in [7, 11) is 3.68. The third-order valence-corrected chi connectivity index (χ3v) is 4.11. The van der Waals surface area contributed by atoms with E-state index in [4.69, 9.17) is 16.3 Å². The Labute approximate surface area is 122 Å². The lowest BCUT2D eigenvalue weighted by molar-refractivity contribution is 0.338. The maximum absolute atomic E-state index is 6.40. The molecule has 1 rings (SSSR count). The van der Waals surface area contributed by atoms with Crippen molar-refractivity contribution < 1.29 is 4.74 Å². The lowest BCUT2D eigenvalue weighted by atomic mass is 9.87. The van der Waals surface area contributed by atoms with Crippen molar-refractivity contribution >= 4 is 11.6 Å². The van der Waals surface area contributed by atoms with Gasteiger partial charge in [-0.3, -0.25) is 0 Å². The number of benzene rings is 1. The SMILES string of the molecule is CCCCC(CC)C(NC)c1ccc(OC)cc1Cl. The molecule has 0 spiro atoms. The van der Waals surface area contributed by atoms with Crippen LogP contribution < -0.4 is 10.1 Å². The number of nitrogens with one attached hydrogen (secondary N) is 1. The number of unbranched alkanes of at least 4 members (excludes halogenated alkanes) is 1. The second-order valence-electron chi connectivity index (χ2n) is 4.96. The minimum atomic E-state index is 0.315. The van der Waals surface area contributed by atoms with Crippen molar-refractivity contribution in [1.82, 2.24) is 5.32 Å². The van der Waals surface area contributed by atoms with Crippen molar-refractivity contribution in [3.63, 3.8) is 0 Å². The van der Waals surface area contributed by atoms with E-state index in [0.717, 1.165) is 17.2 Å². The van der Waals surface area contributed by atoms with Crippen LogP contribution in [-0.4, -0.2) is 14.2 Å². The molecule has 1 aromatic carbocycles. The van der Waals surface area contributed by atoms with Gasteiger partial charge in [0.05, 0.1) is 7.11 Å². The van der Waals surface area contributed by atoms with E-state index < -0.39 is 0 Å². The van der Waals surface area contributed by atoms with Crippen molar-refractivity contribution in [1.29, 1.82) is 0 Å².